The smallest absolute Gasteiger partial charge is 0.260 e. The zero-order valence-corrected chi connectivity index (χ0v) is 13.4. The molecule has 21 heavy (non-hydrogen) atoms. The lowest BCUT2D eigenvalue weighted by Crippen LogP contribution is -2.43. The SMILES string of the molecule is CCN(C(=O)COc1ccc(Cl)cc1)C1CCS(=O)(=O)C1. The highest BCUT2D eigenvalue weighted by molar-refractivity contribution is 7.91. The van der Waals surface area contributed by atoms with Gasteiger partial charge in [-0.25, -0.2) is 8.42 Å². The van der Waals surface area contributed by atoms with Gasteiger partial charge in [0.05, 0.1) is 11.5 Å². The maximum atomic E-state index is 12.2. The van der Waals surface area contributed by atoms with Gasteiger partial charge in [-0.15, -0.1) is 0 Å². The lowest BCUT2D eigenvalue weighted by Gasteiger charge is -2.26. The highest BCUT2D eigenvalue weighted by atomic mass is 35.5. The molecule has 1 aromatic carbocycles. The number of likely N-dealkylation sites (N-methyl/N-ethyl adjacent to an activating group) is 1. The maximum Gasteiger partial charge on any atom is 0.260 e. The lowest BCUT2D eigenvalue weighted by molar-refractivity contribution is -0.135. The Hall–Kier alpha value is -1.27. The van der Waals surface area contributed by atoms with E-state index in [0.717, 1.165) is 0 Å². The molecule has 1 atom stereocenters. The van der Waals surface area contributed by atoms with E-state index in [4.69, 9.17) is 16.3 Å². The highest BCUT2D eigenvalue weighted by Gasteiger charge is 2.33. The molecule has 0 spiro atoms. The van der Waals surface area contributed by atoms with Crippen molar-refractivity contribution in [1.29, 1.82) is 0 Å². The highest BCUT2D eigenvalue weighted by Crippen LogP contribution is 2.19. The molecule has 1 aliphatic heterocycles. The van der Waals surface area contributed by atoms with Crippen molar-refractivity contribution in [2.45, 2.75) is 19.4 Å². The Bertz CT molecular complexity index is 600. The van der Waals surface area contributed by atoms with Crippen LogP contribution in [-0.2, 0) is 14.6 Å². The van der Waals surface area contributed by atoms with Crippen LogP contribution in [0, 0.1) is 0 Å². The lowest BCUT2D eigenvalue weighted by atomic mass is 10.2. The largest absolute Gasteiger partial charge is 0.484 e. The molecule has 1 unspecified atom stereocenters. The third-order valence-corrected chi connectivity index (χ3v) is 5.49. The van der Waals surface area contributed by atoms with E-state index in [1.807, 2.05) is 6.92 Å². The van der Waals surface area contributed by atoms with Crippen LogP contribution in [0.25, 0.3) is 0 Å². The Kier molecular flexibility index (Phi) is 5.11. The van der Waals surface area contributed by atoms with Crippen LogP contribution in [0.3, 0.4) is 0 Å². The zero-order chi connectivity index (χ0) is 15.5. The number of rotatable bonds is 5. The summed E-state index contributed by atoms with van der Waals surface area (Å²) in [5, 5.41) is 0.597. The van der Waals surface area contributed by atoms with E-state index < -0.39 is 9.84 Å². The first-order valence-corrected chi connectivity index (χ1v) is 8.99. The molecule has 1 aromatic rings. The number of benzene rings is 1. The number of carbonyl (C=O) groups is 1. The Morgan fingerprint density at radius 1 is 1.38 bits per heavy atom. The van der Waals surface area contributed by atoms with E-state index in [1.165, 1.54) is 0 Å². The van der Waals surface area contributed by atoms with Crippen LogP contribution >= 0.6 is 11.6 Å². The summed E-state index contributed by atoms with van der Waals surface area (Å²) < 4.78 is 28.4. The van der Waals surface area contributed by atoms with Gasteiger partial charge in [0.1, 0.15) is 5.75 Å². The third kappa shape index (κ3) is 4.35. The molecule has 1 heterocycles. The van der Waals surface area contributed by atoms with E-state index in [-0.39, 0.29) is 30.1 Å². The number of hydrogen-bond acceptors (Lipinski definition) is 4. The Morgan fingerprint density at radius 3 is 2.57 bits per heavy atom. The van der Waals surface area contributed by atoms with Gasteiger partial charge in [0.25, 0.3) is 5.91 Å². The third-order valence-electron chi connectivity index (χ3n) is 3.49. The molecule has 5 nitrogen and oxygen atoms in total. The predicted molar refractivity (Wildman–Crippen MR) is 81.4 cm³/mol. The first-order chi connectivity index (χ1) is 9.91. The molecule has 1 amide bonds. The molecule has 0 radical (unpaired) electrons. The molecule has 1 saturated heterocycles. The summed E-state index contributed by atoms with van der Waals surface area (Å²) in [4.78, 5) is 13.8. The van der Waals surface area contributed by atoms with Gasteiger partial charge in [-0.1, -0.05) is 11.6 Å². The number of ether oxygens (including phenoxy) is 1. The predicted octanol–water partition coefficient (Wildman–Crippen LogP) is 1.75. The van der Waals surface area contributed by atoms with E-state index in [9.17, 15) is 13.2 Å². The molecule has 0 aliphatic carbocycles. The standard InChI is InChI=1S/C14H18ClNO4S/c1-2-16(12-7-8-21(18,19)10-12)14(17)9-20-13-5-3-11(15)4-6-13/h3-6,12H,2,7-10H2,1H3. The van der Waals surface area contributed by atoms with Gasteiger partial charge in [0.15, 0.2) is 16.4 Å². The van der Waals surface area contributed by atoms with Crippen LogP contribution in [0.4, 0.5) is 0 Å². The number of amides is 1. The average Bonchev–Trinajstić information content (AvgIpc) is 2.79. The monoisotopic (exact) mass is 331 g/mol. The number of halogens is 1. The van der Waals surface area contributed by atoms with E-state index in [0.29, 0.717) is 23.7 Å². The van der Waals surface area contributed by atoms with Crippen molar-refractivity contribution < 1.29 is 17.9 Å². The minimum Gasteiger partial charge on any atom is -0.484 e. The Balaban J connectivity index is 1.93. The Morgan fingerprint density at radius 2 is 2.05 bits per heavy atom. The van der Waals surface area contributed by atoms with Gasteiger partial charge in [-0.2, -0.15) is 0 Å². The maximum absolute atomic E-state index is 12.2. The van der Waals surface area contributed by atoms with Gasteiger partial charge >= 0.3 is 0 Å². The quantitative estimate of drug-likeness (QED) is 0.824. The summed E-state index contributed by atoms with van der Waals surface area (Å²) >= 11 is 5.77. The summed E-state index contributed by atoms with van der Waals surface area (Å²) in [7, 11) is -3.01. The van der Waals surface area contributed by atoms with E-state index >= 15 is 0 Å². The van der Waals surface area contributed by atoms with E-state index in [2.05, 4.69) is 0 Å². The van der Waals surface area contributed by atoms with Crippen LogP contribution in [-0.4, -0.2) is 49.9 Å². The van der Waals surface area contributed by atoms with Crippen molar-refractivity contribution in [3.05, 3.63) is 29.3 Å². The second-order valence-corrected chi connectivity index (χ2v) is 7.64. The van der Waals surface area contributed by atoms with Crippen molar-refractivity contribution in [3.63, 3.8) is 0 Å². The van der Waals surface area contributed by atoms with Gasteiger partial charge in [-0.3, -0.25) is 4.79 Å². The first kappa shape index (κ1) is 16.1. The van der Waals surface area contributed by atoms with Crippen LogP contribution < -0.4 is 4.74 Å². The molecule has 1 fully saturated rings. The second kappa shape index (κ2) is 6.66. The molecule has 7 heteroatoms. The van der Waals surface area contributed by atoms with Crippen LogP contribution in [0.1, 0.15) is 13.3 Å². The summed E-state index contributed by atoms with van der Waals surface area (Å²) in [5.41, 5.74) is 0. The fraction of sp³-hybridized carbons (Fsp3) is 0.500. The van der Waals surface area contributed by atoms with Crippen LogP contribution in [0.15, 0.2) is 24.3 Å². The topological polar surface area (TPSA) is 63.7 Å². The summed E-state index contributed by atoms with van der Waals surface area (Å²) in [5.74, 6) is 0.560. The minimum absolute atomic E-state index is 0.0491. The fourth-order valence-corrected chi connectivity index (χ4v) is 4.27. The molecular formula is C14H18ClNO4S. The van der Waals surface area contributed by atoms with Gasteiger partial charge in [-0.05, 0) is 37.6 Å². The van der Waals surface area contributed by atoms with Gasteiger partial charge in [0.2, 0.25) is 0 Å². The van der Waals surface area contributed by atoms with Crippen LogP contribution in [0.2, 0.25) is 5.02 Å². The molecular weight excluding hydrogens is 314 g/mol. The molecule has 2 rings (SSSR count). The summed E-state index contributed by atoms with van der Waals surface area (Å²) in [6, 6.07) is 6.50. The Labute approximate surface area is 129 Å². The van der Waals surface area contributed by atoms with Crippen molar-refractivity contribution in [1.82, 2.24) is 4.90 Å². The molecule has 0 aromatic heterocycles. The normalized spacial score (nSPS) is 20.2. The molecule has 1 aliphatic rings. The van der Waals surface area contributed by atoms with Gasteiger partial charge < -0.3 is 9.64 Å². The van der Waals surface area contributed by atoms with Crippen molar-refractivity contribution in [2.24, 2.45) is 0 Å². The fourth-order valence-electron chi connectivity index (χ4n) is 2.42. The minimum atomic E-state index is -3.01. The van der Waals surface area contributed by atoms with Crippen LogP contribution in [0.5, 0.6) is 5.75 Å². The molecule has 0 saturated carbocycles. The number of carbonyl (C=O) groups excluding carboxylic acids is 1. The van der Waals surface area contributed by atoms with Gasteiger partial charge in [0, 0.05) is 17.6 Å². The van der Waals surface area contributed by atoms with Crippen molar-refractivity contribution in [3.8, 4) is 5.75 Å². The van der Waals surface area contributed by atoms with Crippen molar-refractivity contribution in [2.75, 3.05) is 24.7 Å². The number of hydrogen-bond donors (Lipinski definition) is 0. The number of nitrogens with zero attached hydrogens (tertiary/aromatic N) is 1. The zero-order valence-electron chi connectivity index (χ0n) is 11.8. The molecule has 0 bridgehead atoms. The molecule has 116 valence electrons. The van der Waals surface area contributed by atoms with E-state index in [1.54, 1.807) is 29.2 Å². The second-order valence-electron chi connectivity index (χ2n) is 4.98. The first-order valence-electron chi connectivity index (χ1n) is 6.79. The summed E-state index contributed by atoms with van der Waals surface area (Å²) in [6.07, 6.45) is 0.503. The van der Waals surface area contributed by atoms with Crippen molar-refractivity contribution >= 4 is 27.3 Å². The molecule has 0 N–H and O–H groups in total. The average molecular weight is 332 g/mol. The summed E-state index contributed by atoms with van der Waals surface area (Å²) in [6.45, 7) is 2.21. The number of sulfone groups is 1.